The zero-order chi connectivity index (χ0) is 14.9. The quantitative estimate of drug-likeness (QED) is 0.674. The largest absolute Gasteiger partial charge is 0.494 e. The van der Waals surface area contributed by atoms with Crippen LogP contribution >= 0.6 is 12.2 Å². The van der Waals surface area contributed by atoms with E-state index in [1.165, 1.54) is 19.2 Å². The number of hydrogen-bond donors (Lipinski definition) is 1. The van der Waals surface area contributed by atoms with Crippen molar-refractivity contribution in [3.8, 4) is 17.0 Å². The fraction of sp³-hybridized carbons (Fsp3) is 0.167. The van der Waals surface area contributed by atoms with Crippen LogP contribution in [0.3, 0.4) is 0 Å². The van der Waals surface area contributed by atoms with Gasteiger partial charge in [0.1, 0.15) is 5.69 Å². The number of halogens is 4. The average Bonchev–Trinajstić information content (AvgIpc) is 2.37. The summed E-state index contributed by atoms with van der Waals surface area (Å²) >= 11 is 4.65. The molecule has 1 aromatic heterocycles. The summed E-state index contributed by atoms with van der Waals surface area (Å²) in [6, 6.07) is 4.52. The van der Waals surface area contributed by atoms with Crippen molar-refractivity contribution in [3.05, 3.63) is 40.5 Å². The van der Waals surface area contributed by atoms with Crippen LogP contribution in [0.1, 0.15) is 5.69 Å². The maximum Gasteiger partial charge on any atom is 0.431 e. The molecule has 2 rings (SSSR count). The Morgan fingerprint density at radius 2 is 1.95 bits per heavy atom. The minimum atomic E-state index is -4.59. The molecule has 0 unspecified atom stereocenters. The lowest BCUT2D eigenvalue weighted by atomic mass is 10.1. The van der Waals surface area contributed by atoms with Gasteiger partial charge in [-0.15, -0.1) is 0 Å². The van der Waals surface area contributed by atoms with Crippen LogP contribution in [0, 0.1) is 10.6 Å². The second-order valence-corrected chi connectivity index (χ2v) is 4.22. The van der Waals surface area contributed by atoms with Crippen molar-refractivity contribution in [2.75, 3.05) is 7.11 Å². The molecular formula is C12H8F4N2OS. The first kappa shape index (κ1) is 14.4. The Bertz CT molecular complexity index is 697. The standard InChI is InChI=1S/C12H8F4N2OS/c1-19-9-3-2-6(4-7(9)13)8-5-10(12(14,15)16)18-11(20)17-8/h2-5H,1H3,(H,17,18,20). The van der Waals surface area contributed by atoms with E-state index in [0.29, 0.717) is 0 Å². The maximum atomic E-state index is 13.6. The predicted octanol–water partition coefficient (Wildman–Crippen LogP) is 3.97. The first-order chi connectivity index (χ1) is 9.31. The molecular weight excluding hydrogens is 296 g/mol. The molecule has 0 saturated heterocycles. The molecule has 0 aliphatic carbocycles. The number of benzene rings is 1. The summed E-state index contributed by atoms with van der Waals surface area (Å²) in [4.78, 5) is 5.72. The van der Waals surface area contributed by atoms with E-state index in [-0.39, 0.29) is 21.8 Å². The SMILES string of the molecule is COc1ccc(-c2cc(C(F)(F)F)[nH]c(=S)n2)cc1F. The third-order valence-corrected chi connectivity index (χ3v) is 2.69. The van der Waals surface area contributed by atoms with Crippen LogP contribution < -0.4 is 4.74 Å². The molecule has 0 amide bonds. The Kier molecular flexibility index (Phi) is 3.76. The Balaban J connectivity index is 2.56. The highest BCUT2D eigenvalue weighted by molar-refractivity contribution is 7.71. The molecule has 0 aliphatic rings. The molecule has 3 nitrogen and oxygen atoms in total. The van der Waals surface area contributed by atoms with Gasteiger partial charge in [0.15, 0.2) is 16.3 Å². The van der Waals surface area contributed by atoms with Gasteiger partial charge >= 0.3 is 6.18 Å². The number of hydrogen-bond acceptors (Lipinski definition) is 3. The summed E-state index contributed by atoms with van der Waals surface area (Å²) < 4.78 is 56.0. The van der Waals surface area contributed by atoms with E-state index in [0.717, 1.165) is 12.1 Å². The van der Waals surface area contributed by atoms with Crippen molar-refractivity contribution in [1.29, 1.82) is 0 Å². The summed E-state index contributed by atoms with van der Waals surface area (Å²) in [5, 5.41) is 0. The normalized spacial score (nSPS) is 11.4. The molecule has 106 valence electrons. The molecule has 0 radical (unpaired) electrons. The number of H-pyrrole nitrogens is 1. The Morgan fingerprint density at radius 3 is 2.50 bits per heavy atom. The monoisotopic (exact) mass is 304 g/mol. The van der Waals surface area contributed by atoms with Crippen molar-refractivity contribution in [3.63, 3.8) is 0 Å². The summed E-state index contributed by atoms with van der Waals surface area (Å²) in [6.45, 7) is 0. The van der Waals surface area contributed by atoms with Gasteiger partial charge in [0, 0.05) is 5.56 Å². The lowest BCUT2D eigenvalue weighted by Crippen LogP contribution is -2.09. The zero-order valence-corrected chi connectivity index (χ0v) is 10.9. The van der Waals surface area contributed by atoms with Crippen molar-refractivity contribution in [2.24, 2.45) is 0 Å². The van der Waals surface area contributed by atoms with E-state index in [4.69, 9.17) is 4.74 Å². The number of rotatable bonds is 2. The second kappa shape index (κ2) is 5.20. The molecule has 8 heteroatoms. The van der Waals surface area contributed by atoms with Crippen molar-refractivity contribution < 1.29 is 22.3 Å². The van der Waals surface area contributed by atoms with E-state index in [1.54, 1.807) is 0 Å². The van der Waals surface area contributed by atoms with E-state index in [2.05, 4.69) is 17.2 Å². The van der Waals surface area contributed by atoms with Crippen LogP contribution in [-0.2, 0) is 6.18 Å². The average molecular weight is 304 g/mol. The molecule has 0 saturated carbocycles. The van der Waals surface area contributed by atoms with Crippen molar-refractivity contribution in [1.82, 2.24) is 9.97 Å². The molecule has 0 bridgehead atoms. The van der Waals surface area contributed by atoms with Crippen LogP contribution in [0.15, 0.2) is 24.3 Å². The third kappa shape index (κ3) is 2.96. The van der Waals surface area contributed by atoms with Crippen molar-refractivity contribution >= 4 is 12.2 Å². The first-order valence-electron chi connectivity index (χ1n) is 5.34. The molecule has 0 fully saturated rings. The first-order valence-corrected chi connectivity index (χ1v) is 5.74. The number of ether oxygens (including phenoxy) is 1. The zero-order valence-electron chi connectivity index (χ0n) is 10.1. The summed E-state index contributed by atoms with van der Waals surface area (Å²) in [7, 11) is 1.29. The van der Waals surface area contributed by atoms with E-state index < -0.39 is 17.7 Å². The lowest BCUT2D eigenvalue weighted by Gasteiger charge is -2.09. The van der Waals surface area contributed by atoms with Gasteiger partial charge in [0.2, 0.25) is 0 Å². The van der Waals surface area contributed by atoms with Crippen LogP contribution in [0.25, 0.3) is 11.3 Å². The molecule has 1 N–H and O–H groups in total. The summed E-state index contributed by atoms with van der Waals surface area (Å²) in [5.41, 5.74) is -0.930. The fourth-order valence-electron chi connectivity index (χ4n) is 1.58. The topological polar surface area (TPSA) is 37.9 Å². The Labute approximate surface area is 116 Å². The van der Waals surface area contributed by atoms with Gasteiger partial charge in [-0.25, -0.2) is 9.37 Å². The van der Waals surface area contributed by atoms with Gasteiger partial charge in [-0.3, -0.25) is 0 Å². The number of methoxy groups -OCH3 is 1. The molecule has 0 atom stereocenters. The minimum Gasteiger partial charge on any atom is -0.494 e. The fourth-order valence-corrected chi connectivity index (χ4v) is 1.79. The minimum absolute atomic E-state index is 0.00844. The number of nitrogens with one attached hydrogen (secondary N) is 1. The van der Waals surface area contributed by atoms with Gasteiger partial charge < -0.3 is 9.72 Å². The number of nitrogens with zero attached hydrogens (tertiary/aromatic N) is 1. The predicted molar refractivity (Wildman–Crippen MR) is 66.4 cm³/mol. The van der Waals surface area contributed by atoms with Crippen molar-refractivity contribution in [2.45, 2.75) is 6.18 Å². The number of aromatic amines is 1. The van der Waals surface area contributed by atoms with Crippen LogP contribution in [0.2, 0.25) is 0 Å². The van der Waals surface area contributed by atoms with Crippen LogP contribution in [0.5, 0.6) is 5.75 Å². The Morgan fingerprint density at radius 1 is 1.25 bits per heavy atom. The highest BCUT2D eigenvalue weighted by atomic mass is 32.1. The maximum absolute atomic E-state index is 13.6. The van der Waals surface area contributed by atoms with E-state index >= 15 is 0 Å². The van der Waals surface area contributed by atoms with Gasteiger partial charge in [0.05, 0.1) is 12.8 Å². The number of aromatic nitrogens is 2. The molecule has 2 aromatic rings. The molecule has 1 aromatic carbocycles. The highest BCUT2D eigenvalue weighted by Gasteiger charge is 2.32. The molecule has 1 heterocycles. The van der Waals surface area contributed by atoms with E-state index in [9.17, 15) is 17.6 Å². The lowest BCUT2D eigenvalue weighted by molar-refractivity contribution is -0.141. The highest BCUT2D eigenvalue weighted by Crippen LogP contribution is 2.30. The van der Waals surface area contributed by atoms with Gasteiger partial charge in [-0.1, -0.05) is 0 Å². The molecule has 0 aliphatic heterocycles. The Hall–Kier alpha value is -1.96. The summed E-state index contributed by atoms with van der Waals surface area (Å²) in [5.74, 6) is -0.704. The van der Waals surface area contributed by atoms with Gasteiger partial charge in [-0.2, -0.15) is 13.2 Å². The van der Waals surface area contributed by atoms with Crippen LogP contribution in [0.4, 0.5) is 17.6 Å². The second-order valence-electron chi connectivity index (χ2n) is 3.83. The summed E-state index contributed by atoms with van der Waals surface area (Å²) in [6.07, 6.45) is -4.59. The smallest absolute Gasteiger partial charge is 0.431 e. The molecule has 0 spiro atoms. The number of alkyl halides is 3. The van der Waals surface area contributed by atoms with Crippen LogP contribution in [-0.4, -0.2) is 17.1 Å². The van der Waals surface area contributed by atoms with Gasteiger partial charge in [-0.05, 0) is 36.5 Å². The third-order valence-electron chi connectivity index (χ3n) is 2.50. The van der Waals surface area contributed by atoms with E-state index in [1.807, 2.05) is 4.98 Å². The van der Waals surface area contributed by atoms with Gasteiger partial charge in [0.25, 0.3) is 0 Å². The molecule has 20 heavy (non-hydrogen) atoms.